The average molecular weight is 229 g/mol. The molecule has 3 nitrogen and oxygen atoms in total. The van der Waals surface area contributed by atoms with Gasteiger partial charge in [-0.1, -0.05) is 20.8 Å². The van der Waals surface area contributed by atoms with Gasteiger partial charge in [-0.2, -0.15) is 0 Å². The summed E-state index contributed by atoms with van der Waals surface area (Å²) in [5, 5.41) is 0. The first-order valence-corrected chi connectivity index (χ1v) is 6.14. The van der Waals surface area contributed by atoms with Crippen molar-refractivity contribution >= 4 is 5.97 Å². The molecular formula is C13H27NO2. The molecule has 0 fully saturated rings. The van der Waals surface area contributed by atoms with Crippen LogP contribution in [0.25, 0.3) is 0 Å². The van der Waals surface area contributed by atoms with Crippen molar-refractivity contribution in [2.24, 2.45) is 5.92 Å². The van der Waals surface area contributed by atoms with Crippen molar-refractivity contribution in [2.45, 2.75) is 60.1 Å². The largest absolute Gasteiger partial charge is 0.459 e. The van der Waals surface area contributed by atoms with Crippen molar-refractivity contribution in [3.8, 4) is 0 Å². The second-order valence-electron chi connectivity index (χ2n) is 5.69. The first-order valence-electron chi connectivity index (χ1n) is 6.14. The van der Waals surface area contributed by atoms with Gasteiger partial charge >= 0.3 is 5.97 Å². The third-order valence-electron chi connectivity index (χ3n) is 2.30. The fourth-order valence-electron chi connectivity index (χ4n) is 1.57. The molecule has 0 saturated carbocycles. The Kier molecular flexibility index (Phi) is 6.01. The van der Waals surface area contributed by atoms with Crippen LogP contribution >= 0.6 is 0 Å². The number of hydrogen-bond donors (Lipinski definition) is 0. The van der Waals surface area contributed by atoms with Crippen LogP contribution in [0.15, 0.2) is 0 Å². The average Bonchev–Trinajstić information content (AvgIpc) is 2.09. The molecule has 0 amide bonds. The topological polar surface area (TPSA) is 29.5 Å². The molecule has 0 radical (unpaired) electrons. The standard InChI is InChI=1S/C13H27NO2/c1-8-14(9-10(2)3)11(4)12(15)16-13(5,6)7/h10-11H,8-9H2,1-7H3. The highest BCUT2D eigenvalue weighted by molar-refractivity contribution is 5.75. The summed E-state index contributed by atoms with van der Waals surface area (Å²) in [6.07, 6.45) is 0. The fraction of sp³-hybridized carbons (Fsp3) is 0.923. The highest BCUT2D eigenvalue weighted by Gasteiger charge is 2.25. The Balaban J connectivity index is 4.39. The van der Waals surface area contributed by atoms with Crippen LogP contribution in [0, 0.1) is 5.92 Å². The number of rotatable bonds is 5. The predicted octanol–water partition coefficient (Wildman–Crippen LogP) is 2.69. The fourth-order valence-corrected chi connectivity index (χ4v) is 1.57. The molecule has 0 bridgehead atoms. The van der Waals surface area contributed by atoms with Crippen LogP contribution in [0.1, 0.15) is 48.5 Å². The zero-order valence-corrected chi connectivity index (χ0v) is 11.8. The molecule has 16 heavy (non-hydrogen) atoms. The van der Waals surface area contributed by atoms with Gasteiger partial charge in [0.1, 0.15) is 11.6 Å². The minimum absolute atomic E-state index is 0.130. The SMILES string of the molecule is CCN(CC(C)C)C(C)C(=O)OC(C)(C)C. The van der Waals surface area contributed by atoms with Crippen molar-refractivity contribution in [3.63, 3.8) is 0 Å². The number of ether oxygens (including phenoxy) is 1. The summed E-state index contributed by atoms with van der Waals surface area (Å²) in [7, 11) is 0. The zero-order valence-electron chi connectivity index (χ0n) is 11.8. The second kappa shape index (κ2) is 6.24. The summed E-state index contributed by atoms with van der Waals surface area (Å²) in [5.41, 5.74) is -0.400. The highest BCUT2D eigenvalue weighted by atomic mass is 16.6. The minimum Gasteiger partial charge on any atom is -0.459 e. The number of carbonyl (C=O) groups excluding carboxylic acids is 1. The van der Waals surface area contributed by atoms with E-state index in [-0.39, 0.29) is 12.0 Å². The van der Waals surface area contributed by atoms with Gasteiger partial charge in [-0.05, 0) is 40.2 Å². The number of esters is 1. The Labute approximate surface area is 100 Å². The van der Waals surface area contributed by atoms with Crippen LogP contribution in [0.5, 0.6) is 0 Å². The highest BCUT2D eigenvalue weighted by Crippen LogP contribution is 2.12. The van der Waals surface area contributed by atoms with Gasteiger partial charge in [0.05, 0.1) is 0 Å². The summed E-state index contributed by atoms with van der Waals surface area (Å²) in [6, 6.07) is -0.161. The molecular weight excluding hydrogens is 202 g/mol. The number of likely N-dealkylation sites (N-methyl/N-ethyl adjacent to an activating group) is 1. The van der Waals surface area contributed by atoms with Gasteiger partial charge in [0.2, 0.25) is 0 Å². The minimum atomic E-state index is -0.400. The van der Waals surface area contributed by atoms with E-state index in [2.05, 4.69) is 25.7 Å². The Hall–Kier alpha value is -0.570. The molecule has 0 aliphatic rings. The molecule has 0 aromatic rings. The zero-order chi connectivity index (χ0) is 12.9. The Morgan fingerprint density at radius 2 is 1.75 bits per heavy atom. The lowest BCUT2D eigenvalue weighted by Gasteiger charge is -2.30. The molecule has 0 rings (SSSR count). The maximum Gasteiger partial charge on any atom is 0.323 e. The normalized spacial score (nSPS) is 14.3. The van der Waals surface area contributed by atoms with E-state index < -0.39 is 5.60 Å². The molecule has 0 aliphatic heterocycles. The van der Waals surface area contributed by atoms with Crippen LogP contribution in [0.4, 0.5) is 0 Å². The third-order valence-corrected chi connectivity index (χ3v) is 2.30. The van der Waals surface area contributed by atoms with Gasteiger partial charge in [0.15, 0.2) is 0 Å². The second-order valence-corrected chi connectivity index (χ2v) is 5.69. The predicted molar refractivity (Wildman–Crippen MR) is 67.4 cm³/mol. The van der Waals surface area contributed by atoms with Crippen LogP contribution in [0.3, 0.4) is 0 Å². The molecule has 1 unspecified atom stereocenters. The molecule has 3 heteroatoms. The van der Waals surface area contributed by atoms with E-state index in [0.29, 0.717) is 5.92 Å². The summed E-state index contributed by atoms with van der Waals surface area (Å²) in [5.74, 6) is 0.430. The first-order chi connectivity index (χ1) is 7.17. The van der Waals surface area contributed by atoms with Crippen LogP contribution in [-0.2, 0) is 9.53 Å². The van der Waals surface area contributed by atoms with E-state index in [4.69, 9.17) is 4.74 Å². The molecule has 1 atom stereocenters. The molecule has 96 valence electrons. The summed E-state index contributed by atoms with van der Waals surface area (Å²) in [4.78, 5) is 14.0. The van der Waals surface area contributed by atoms with Gasteiger partial charge < -0.3 is 4.74 Å². The monoisotopic (exact) mass is 229 g/mol. The maximum absolute atomic E-state index is 11.9. The van der Waals surface area contributed by atoms with E-state index in [1.54, 1.807) is 0 Å². The molecule has 0 saturated heterocycles. The molecule has 0 aromatic carbocycles. The van der Waals surface area contributed by atoms with Crippen molar-refractivity contribution in [2.75, 3.05) is 13.1 Å². The van der Waals surface area contributed by atoms with Gasteiger partial charge in [-0.25, -0.2) is 0 Å². The quantitative estimate of drug-likeness (QED) is 0.679. The summed E-state index contributed by atoms with van der Waals surface area (Å²) in [6.45, 7) is 15.8. The summed E-state index contributed by atoms with van der Waals surface area (Å²) >= 11 is 0. The number of hydrogen-bond acceptors (Lipinski definition) is 3. The maximum atomic E-state index is 11.9. The van der Waals surface area contributed by atoms with Gasteiger partial charge in [0, 0.05) is 6.54 Å². The van der Waals surface area contributed by atoms with Crippen molar-refractivity contribution in [3.05, 3.63) is 0 Å². The lowest BCUT2D eigenvalue weighted by atomic mass is 10.1. The Morgan fingerprint density at radius 3 is 2.06 bits per heavy atom. The van der Waals surface area contributed by atoms with Crippen molar-refractivity contribution < 1.29 is 9.53 Å². The lowest BCUT2D eigenvalue weighted by Crippen LogP contribution is -2.44. The van der Waals surface area contributed by atoms with Crippen molar-refractivity contribution in [1.82, 2.24) is 4.90 Å². The summed E-state index contributed by atoms with van der Waals surface area (Å²) < 4.78 is 5.38. The van der Waals surface area contributed by atoms with E-state index >= 15 is 0 Å². The molecule has 0 aliphatic carbocycles. The Bertz CT molecular complexity index is 218. The van der Waals surface area contributed by atoms with E-state index in [0.717, 1.165) is 13.1 Å². The van der Waals surface area contributed by atoms with E-state index in [9.17, 15) is 4.79 Å². The van der Waals surface area contributed by atoms with Crippen LogP contribution in [-0.4, -0.2) is 35.6 Å². The number of nitrogens with zero attached hydrogens (tertiary/aromatic N) is 1. The smallest absolute Gasteiger partial charge is 0.323 e. The third kappa shape index (κ3) is 6.11. The first kappa shape index (κ1) is 15.4. The van der Waals surface area contributed by atoms with Crippen molar-refractivity contribution in [1.29, 1.82) is 0 Å². The molecule has 0 heterocycles. The van der Waals surface area contributed by atoms with Gasteiger partial charge in [-0.3, -0.25) is 9.69 Å². The van der Waals surface area contributed by atoms with Crippen LogP contribution < -0.4 is 0 Å². The molecule has 0 aromatic heterocycles. The van der Waals surface area contributed by atoms with E-state index in [1.165, 1.54) is 0 Å². The molecule has 0 spiro atoms. The lowest BCUT2D eigenvalue weighted by molar-refractivity contribution is -0.160. The Morgan fingerprint density at radius 1 is 1.25 bits per heavy atom. The van der Waals surface area contributed by atoms with Gasteiger partial charge in [-0.15, -0.1) is 0 Å². The number of carbonyl (C=O) groups is 1. The molecule has 0 N–H and O–H groups in total. The van der Waals surface area contributed by atoms with E-state index in [1.807, 2.05) is 27.7 Å². The van der Waals surface area contributed by atoms with Crippen LogP contribution in [0.2, 0.25) is 0 Å². The van der Waals surface area contributed by atoms with Gasteiger partial charge in [0.25, 0.3) is 0 Å².